The van der Waals surface area contributed by atoms with Crippen LogP contribution in [0.2, 0.25) is 0 Å². The van der Waals surface area contributed by atoms with E-state index >= 15 is 0 Å². The zero-order valence-electron chi connectivity index (χ0n) is 13.0. The lowest BCUT2D eigenvalue weighted by molar-refractivity contribution is -0.137. The monoisotopic (exact) mass is 286 g/mol. The zero-order chi connectivity index (χ0) is 14.7. The van der Waals surface area contributed by atoms with Gasteiger partial charge in [-0.3, -0.25) is 9.69 Å². The molecule has 21 heavy (non-hydrogen) atoms. The Morgan fingerprint density at radius 3 is 2.67 bits per heavy atom. The molecule has 3 rings (SSSR count). The minimum absolute atomic E-state index is 0.107. The zero-order valence-corrected chi connectivity index (χ0v) is 13.0. The summed E-state index contributed by atoms with van der Waals surface area (Å²) in [5, 5.41) is 0. The molecular weight excluding hydrogens is 260 g/mol. The number of nitrogens with zero attached hydrogens (tertiary/aromatic N) is 2. The van der Waals surface area contributed by atoms with Crippen LogP contribution in [0.5, 0.6) is 0 Å². The van der Waals surface area contributed by atoms with Crippen molar-refractivity contribution < 1.29 is 4.79 Å². The second-order valence-corrected chi connectivity index (χ2v) is 6.65. The fraction of sp³-hybridized carbons (Fsp3) is 0.611. The second-order valence-electron chi connectivity index (χ2n) is 6.65. The van der Waals surface area contributed by atoms with Gasteiger partial charge in [0.1, 0.15) is 0 Å². The van der Waals surface area contributed by atoms with Crippen LogP contribution in [0.25, 0.3) is 0 Å². The van der Waals surface area contributed by atoms with Gasteiger partial charge in [0.25, 0.3) is 0 Å². The van der Waals surface area contributed by atoms with Crippen LogP contribution in [0.4, 0.5) is 0 Å². The summed E-state index contributed by atoms with van der Waals surface area (Å²) in [7, 11) is 0. The summed E-state index contributed by atoms with van der Waals surface area (Å²) in [5.74, 6) is 1.03. The Kier molecular flexibility index (Phi) is 4.59. The molecule has 1 amide bonds. The Balaban J connectivity index is 1.64. The third-order valence-electron chi connectivity index (χ3n) is 4.85. The van der Waals surface area contributed by atoms with Crippen molar-refractivity contribution >= 4 is 5.91 Å². The highest BCUT2D eigenvalue weighted by molar-refractivity contribution is 5.82. The number of amides is 1. The molecule has 0 N–H and O–H groups in total. The van der Waals surface area contributed by atoms with Gasteiger partial charge in [0, 0.05) is 19.6 Å². The molecule has 0 bridgehead atoms. The number of benzene rings is 1. The lowest BCUT2D eigenvalue weighted by Crippen LogP contribution is -2.48. The molecule has 1 aromatic rings. The summed E-state index contributed by atoms with van der Waals surface area (Å²) in [6.45, 7) is 6.12. The predicted octanol–water partition coefficient (Wildman–Crippen LogP) is 2.91. The van der Waals surface area contributed by atoms with Crippen molar-refractivity contribution in [2.24, 2.45) is 5.92 Å². The number of likely N-dealkylation sites (tertiary alicyclic amines) is 2. The van der Waals surface area contributed by atoms with E-state index in [4.69, 9.17) is 0 Å². The smallest absolute Gasteiger partial charge is 0.239 e. The average Bonchev–Trinajstić information content (AvgIpc) is 2.95. The molecule has 0 saturated carbocycles. The molecule has 2 heterocycles. The fourth-order valence-electron chi connectivity index (χ4n) is 3.71. The SMILES string of the molecule is CC1CCCN(C(=O)C2CCCN2Cc2ccccc2)C1. The molecule has 3 nitrogen and oxygen atoms in total. The highest BCUT2D eigenvalue weighted by Crippen LogP contribution is 2.24. The summed E-state index contributed by atoms with van der Waals surface area (Å²) in [4.78, 5) is 17.3. The van der Waals surface area contributed by atoms with Gasteiger partial charge in [0.15, 0.2) is 0 Å². The quantitative estimate of drug-likeness (QED) is 0.853. The van der Waals surface area contributed by atoms with Crippen LogP contribution in [0.15, 0.2) is 30.3 Å². The number of piperidine rings is 1. The lowest BCUT2D eigenvalue weighted by atomic mass is 9.99. The standard InChI is InChI=1S/C18H26N2O/c1-15-7-5-12-20(13-15)18(21)17-10-6-11-19(17)14-16-8-3-2-4-9-16/h2-4,8-9,15,17H,5-7,10-14H2,1H3. The highest BCUT2D eigenvalue weighted by atomic mass is 16.2. The van der Waals surface area contributed by atoms with Crippen molar-refractivity contribution in [2.45, 2.75) is 45.2 Å². The molecule has 2 fully saturated rings. The molecule has 1 aromatic carbocycles. The van der Waals surface area contributed by atoms with E-state index in [2.05, 4.69) is 41.0 Å². The van der Waals surface area contributed by atoms with E-state index in [0.29, 0.717) is 11.8 Å². The van der Waals surface area contributed by atoms with Gasteiger partial charge in [-0.1, -0.05) is 37.3 Å². The average molecular weight is 286 g/mol. The number of carbonyl (C=O) groups excluding carboxylic acids is 1. The summed E-state index contributed by atoms with van der Waals surface area (Å²) < 4.78 is 0. The minimum Gasteiger partial charge on any atom is -0.341 e. The Labute approximate surface area is 127 Å². The molecule has 3 heteroatoms. The summed E-state index contributed by atoms with van der Waals surface area (Å²) in [6, 6.07) is 10.6. The molecular formula is C18H26N2O. The summed E-state index contributed by atoms with van der Waals surface area (Å²) in [6.07, 6.45) is 4.60. The van der Waals surface area contributed by atoms with Gasteiger partial charge in [-0.05, 0) is 43.7 Å². The Morgan fingerprint density at radius 1 is 1.14 bits per heavy atom. The fourth-order valence-corrected chi connectivity index (χ4v) is 3.71. The normalized spacial score (nSPS) is 27.0. The molecule has 2 aliphatic rings. The van der Waals surface area contributed by atoms with E-state index in [1.165, 1.54) is 12.0 Å². The third-order valence-corrected chi connectivity index (χ3v) is 4.85. The first-order valence-corrected chi connectivity index (χ1v) is 8.31. The molecule has 2 aliphatic heterocycles. The summed E-state index contributed by atoms with van der Waals surface area (Å²) >= 11 is 0. The third kappa shape index (κ3) is 3.46. The first-order valence-electron chi connectivity index (χ1n) is 8.31. The minimum atomic E-state index is 0.107. The number of hydrogen-bond donors (Lipinski definition) is 0. The van der Waals surface area contributed by atoms with Gasteiger partial charge in [-0.15, -0.1) is 0 Å². The summed E-state index contributed by atoms with van der Waals surface area (Å²) in [5.41, 5.74) is 1.31. The van der Waals surface area contributed by atoms with E-state index < -0.39 is 0 Å². The molecule has 114 valence electrons. The van der Waals surface area contributed by atoms with Crippen LogP contribution in [0, 0.1) is 5.92 Å². The number of rotatable bonds is 3. The molecule has 2 unspecified atom stereocenters. The lowest BCUT2D eigenvalue weighted by Gasteiger charge is -2.35. The van der Waals surface area contributed by atoms with Gasteiger partial charge in [-0.25, -0.2) is 0 Å². The topological polar surface area (TPSA) is 23.6 Å². The van der Waals surface area contributed by atoms with Crippen LogP contribution >= 0.6 is 0 Å². The van der Waals surface area contributed by atoms with Gasteiger partial charge in [0.05, 0.1) is 6.04 Å². The maximum Gasteiger partial charge on any atom is 0.239 e. The molecule has 0 aromatic heterocycles. The molecule has 2 atom stereocenters. The first kappa shape index (κ1) is 14.6. The van der Waals surface area contributed by atoms with E-state index in [-0.39, 0.29) is 6.04 Å². The molecule has 0 radical (unpaired) electrons. The first-order chi connectivity index (χ1) is 10.2. The molecule has 0 aliphatic carbocycles. The maximum atomic E-state index is 12.8. The largest absolute Gasteiger partial charge is 0.341 e. The van der Waals surface area contributed by atoms with Gasteiger partial charge in [-0.2, -0.15) is 0 Å². The van der Waals surface area contributed by atoms with Crippen molar-refractivity contribution in [3.8, 4) is 0 Å². The van der Waals surface area contributed by atoms with Gasteiger partial charge < -0.3 is 4.90 Å². The second kappa shape index (κ2) is 6.61. The van der Waals surface area contributed by atoms with Crippen LogP contribution in [0.3, 0.4) is 0 Å². The van der Waals surface area contributed by atoms with Gasteiger partial charge >= 0.3 is 0 Å². The molecule has 2 saturated heterocycles. The number of hydrogen-bond acceptors (Lipinski definition) is 2. The van der Waals surface area contributed by atoms with E-state index in [1.54, 1.807) is 0 Å². The van der Waals surface area contributed by atoms with Crippen LogP contribution in [-0.2, 0) is 11.3 Å². The Bertz CT molecular complexity index is 473. The van der Waals surface area contributed by atoms with Crippen molar-refractivity contribution in [3.63, 3.8) is 0 Å². The van der Waals surface area contributed by atoms with Crippen LogP contribution in [-0.4, -0.2) is 41.4 Å². The van der Waals surface area contributed by atoms with Crippen molar-refractivity contribution in [3.05, 3.63) is 35.9 Å². The highest BCUT2D eigenvalue weighted by Gasteiger charge is 2.34. The van der Waals surface area contributed by atoms with E-state index in [9.17, 15) is 4.79 Å². The van der Waals surface area contributed by atoms with Crippen molar-refractivity contribution in [1.82, 2.24) is 9.80 Å². The van der Waals surface area contributed by atoms with E-state index in [1.807, 2.05) is 6.07 Å². The maximum absolute atomic E-state index is 12.8. The van der Waals surface area contributed by atoms with Crippen molar-refractivity contribution in [1.29, 1.82) is 0 Å². The number of carbonyl (C=O) groups is 1. The van der Waals surface area contributed by atoms with Gasteiger partial charge in [0.2, 0.25) is 5.91 Å². The van der Waals surface area contributed by atoms with Crippen LogP contribution in [0.1, 0.15) is 38.2 Å². The van der Waals surface area contributed by atoms with E-state index in [0.717, 1.165) is 45.4 Å². The predicted molar refractivity (Wildman–Crippen MR) is 84.9 cm³/mol. The Morgan fingerprint density at radius 2 is 1.90 bits per heavy atom. The molecule has 0 spiro atoms. The van der Waals surface area contributed by atoms with Crippen molar-refractivity contribution in [2.75, 3.05) is 19.6 Å². The Hall–Kier alpha value is -1.35. The van der Waals surface area contributed by atoms with Crippen LogP contribution < -0.4 is 0 Å².